The van der Waals surface area contributed by atoms with Gasteiger partial charge in [0.15, 0.2) is 0 Å². The summed E-state index contributed by atoms with van der Waals surface area (Å²) in [5, 5.41) is 0.915. The normalized spacial score (nSPS) is 19.1. The van der Waals surface area contributed by atoms with Gasteiger partial charge in [0.1, 0.15) is 4.83 Å². The van der Waals surface area contributed by atoms with Crippen molar-refractivity contribution in [3.63, 3.8) is 0 Å². The molecule has 0 bridgehead atoms. The fourth-order valence-electron chi connectivity index (χ4n) is 2.56. The van der Waals surface area contributed by atoms with Crippen LogP contribution in [0.4, 0.5) is 0 Å². The highest BCUT2D eigenvalue weighted by atomic mass is 32.2. The molecule has 0 radical (unpaired) electrons. The van der Waals surface area contributed by atoms with E-state index in [9.17, 15) is 4.79 Å². The molecule has 0 spiro atoms. The largest absolute Gasteiger partial charge is 0.298 e. The molecule has 0 aromatic carbocycles. The summed E-state index contributed by atoms with van der Waals surface area (Å²) < 4.78 is 1.83. The van der Waals surface area contributed by atoms with E-state index in [0.717, 1.165) is 34.7 Å². The molecule has 0 amide bonds. The lowest BCUT2D eigenvalue weighted by Gasteiger charge is -2.10. The molecule has 94 valence electrons. The molecule has 1 aliphatic carbocycles. The van der Waals surface area contributed by atoms with Crippen LogP contribution in [0.2, 0.25) is 0 Å². The minimum absolute atomic E-state index is 0.191. The highest BCUT2D eigenvalue weighted by Crippen LogP contribution is 2.35. The van der Waals surface area contributed by atoms with E-state index < -0.39 is 0 Å². The Hall–Kier alpha value is -0.810. The molecule has 2 aromatic heterocycles. The first-order chi connectivity index (χ1) is 8.83. The van der Waals surface area contributed by atoms with Gasteiger partial charge in [-0.3, -0.25) is 9.36 Å². The number of hydrogen-bond donors (Lipinski definition) is 0. The summed E-state index contributed by atoms with van der Waals surface area (Å²) in [6.07, 6.45) is 5.31. The van der Waals surface area contributed by atoms with Gasteiger partial charge in [0.2, 0.25) is 0 Å². The molecule has 3 nitrogen and oxygen atoms in total. The third-order valence-corrected chi connectivity index (χ3v) is 6.05. The molecule has 0 saturated heterocycles. The molecule has 18 heavy (non-hydrogen) atoms. The van der Waals surface area contributed by atoms with Crippen molar-refractivity contribution < 1.29 is 0 Å². The lowest BCUT2D eigenvalue weighted by Crippen LogP contribution is -2.22. The summed E-state index contributed by atoms with van der Waals surface area (Å²) in [5.41, 5.74) is 1.48. The molecule has 0 atom stereocenters. The third kappa shape index (κ3) is 1.72. The van der Waals surface area contributed by atoms with Crippen LogP contribution >= 0.6 is 23.1 Å². The SMILES string of the molecule is O=c1c2c3c(sc2ncn1CC1CC1)CSCC3. The number of aromatic nitrogens is 2. The molecule has 2 aliphatic rings. The number of thiophene rings is 1. The van der Waals surface area contributed by atoms with Crippen LogP contribution in [-0.2, 0) is 18.7 Å². The zero-order valence-corrected chi connectivity index (χ0v) is 11.6. The Kier molecular flexibility index (Phi) is 2.52. The molecule has 1 fully saturated rings. The predicted molar refractivity (Wildman–Crippen MR) is 76.5 cm³/mol. The Morgan fingerprint density at radius 2 is 2.33 bits per heavy atom. The maximum absolute atomic E-state index is 12.5. The molecule has 0 unspecified atom stereocenters. The monoisotopic (exact) mass is 278 g/mol. The highest BCUT2D eigenvalue weighted by Gasteiger charge is 2.24. The lowest BCUT2D eigenvalue weighted by atomic mass is 10.1. The van der Waals surface area contributed by atoms with Crippen LogP contribution in [-0.4, -0.2) is 15.3 Å². The number of thioether (sulfide) groups is 1. The van der Waals surface area contributed by atoms with Gasteiger partial charge in [-0.05, 0) is 36.5 Å². The fourth-order valence-corrected chi connectivity index (χ4v) is 4.87. The van der Waals surface area contributed by atoms with Gasteiger partial charge in [-0.15, -0.1) is 11.3 Å². The van der Waals surface area contributed by atoms with Gasteiger partial charge < -0.3 is 0 Å². The molecular formula is C13H14N2OS2. The lowest BCUT2D eigenvalue weighted by molar-refractivity contribution is 0.602. The topological polar surface area (TPSA) is 34.9 Å². The van der Waals surface area contributed by atoms with Crippen molar-refractivity contribution in [3.05, 3.63) is 27.1 Å². The van der Waals surface area contributed by atoms with Crippen LogP contribution in [0.25, 0.3) is 10.2 Å². The van der Waals surface area contributed by atoms with Crippen LogP contribution in [0.15, 0.2) is 11.1 Å². The van der Waals surface area contributed by atoms with Gasteiger partial charge in [0.25, 0.3) is 5.56 Å². The first-order valence-corrected chi connectivity index (χ1v) is 8.37. The average Bonchev–Trinajstić information content (AvgIpc) is 3.11. The van der Waals surface area contributed by atoms with Crippen LogP contribution < -0.4 is 5.56 Å². The summed E-state index contributed by atoms with van der Waals surface area (Å²) in [5.74, 6) is 2.90. The minimum atomic E-state index is 0.191. The number of nitrogens with zero attached hydrogens (tertiary/aromatic N) is 2. The maximum Gasteiger partial charge on any atom is 0.262 e. The maximum atomic E-state index is 12.5. The zero-order chi connectivity index (χ0) is 12.1. The van der Waals surface area contributed by atoms with E-state index in [-0.39, 0.29) is 5.56 Å². The second-order valence-corrected chi connectivity index (χ2v) is 7.32. The first-order valence-electron chi connectivity index (χ1n) is 6.40. The van der Waals surface area contributed by atoms with Crippen molar-refractivity contribution in [3.8, 4) is 0 Å². The molecule has 5 heteroatoms. The standard InChI is InChI=1S/C13H14N2OS2/c16-13-11-9-3-4-17-6-10(9)18-12(11)14-7-15(13)5-8-1-2-8/h7-8H,1-6H2. The molecule has 2 aromatic rings. The van der Waals surface area contributed by atoms with Crippen molar-refractivity contribution in [2.45, 2.75) is 31.6 Å². The van der Waals surface area contributed by atoms with E-state index in [1.807, 2.05) is 16.3 Å². The number of hydrogen-bond acceptors (Lipinski definition) is 4. The quantitative estimate of drug-likeness (QED) is 0.847. The van der Waals surface area contributed by atoms with Gasteiger partial charge in [0.05, 0.1) is 11.7 Å². The molecule has 0 N–H and O–H groups in total. The Bertz CT molecular complexity index is 669. The highest BCUT2D eigenvalue weighted by molar-refractivity contribution is 7.98. The predicted octanol–water partition coefficient (Wildman–Crippen LogP) is 2.66. The summed E-state index contributed by atoms with van der Waals surface area (Å²) in [7, 11) is 0. The van der Waals surface area contributed by atoms with Crippen molar-refractivity contribution in [2.75, 3.05) is 5.75 Å². The van der Waals surface area contributed by atoms with Gasteiger partial charge in [0, 0.05) is 17.2 Å². The van der Waals surface area contributed by atoms with E-state index in [1.165, 1.54) is 23.3 Å². The van der Waals surface area contributed by atoms with Crippen molar-refractivity contribution in [1.82, 2.24) is 9.55 Å². The van der Waals surface area contributed by atoms with E-state index in [2.05, 4.69) is 4.98 Å². The van der Waals surface area contributed by atoms with E-state index in [4.69, 9.17) is 0 Å². The van der Waals surface area contributed by atoms with E-state index in [0.29, 0.717) is 5.92 Å². The van der Waals surface area contributed by atoms with Crippen molar-refractivity contribution in [1.29, 1.82) is 0 Å². The smallest absolute Gasteiger partial charge is 0.262 e. The second kappa shape index (κ2) is 4.10. The Balaban J connectivity index is 1.91. The summed E-state index contributed by atoms with van der Waals surface area (Å²) in [6, 6.07) is 0. The molecular weight excluding hydrogens is 264 g/mol. The Labute approximate surface area is 113 Å². The zero-order valence-electron chi connectivity index (χ0n) is 10.0. The summed E-state index contributed by atoms with van der Waals surface area (Å²) in [6.45, 7) is 0.862. The van der Waals surface area contributed by atoms with E-state index >= 15 is 0 Å². The molecule has 3 heterocycles. The first kappa shape index (κ1) is 11.1. The summed E-state index contributed by atoms with van der Waals surface area (Å²) in [4.78, 5) is 19.4. The van der Waals surface area contributed by atoms with Crippen LogP contribution in [0.1, 0.15) is 23.3 Å². The van der Waals surface area contributed by atoms with Crippen molar-refractivity contribution in [2.24, 2.45) is 5.92 Å². The van der Waals surface area contributed by atoms with Gasteiger partial charge >= 0.3 is 0 Å². The number of fused-ring (bicyclic) bond motifs is 3. The second-order valence-electron chi connectivity index (χ2n) is 5.13. The molecule has 1 saturated carbocycles. The Morgan fingerprint density at radius 1 is 1.44 bits per heavy atom. The van der Waals surface area contributed by atoms with E-state index in [1.54, 1.807) is 17.7 Å². The minimum Gasteiger partial charge on any atom is -0.298 e. The third-order valence-electron chi connectivity index (χ3n) is 3.74. The number of aryl methyl sites for hydroxylation is 1. The van der Waals surface area contributed by atoms with Crippen LogP contribution in [0.5, 0.6) is 0 Å². The van der Waals surface area contributed by atoms with Crippen LogP contribution in [0.3, 0.4) is 0 Å². The fraction of sp³-hybridized carbons (Fsp3) is 0.538. The molecule has 1 aliphatic heterocycles. The average molecular weight is 278 g/mol. The number of rotatable bonds is 2. The van der Waals surface area contributed by atoms with Gasteiger partial charge in [-0.2, -0.15) is 11.8 Å². The summed E-state index contributed by atoms with van der Waals surface area (Å²) >= 11 is 3.67. The Morgan fingerprint density at radius 3 is 3.17 bits per heavy atom. The van der Waals surface area contributed by atoms with Gasteiger partial charge in [-0.25, -0.2) is 4.98 Å². The van der Waals surface area contributed by atoms with Crippen LogP contribution in [0, 0.1) is 5.92 Å². The van der Waals surface area contributed by atoms with Gasteiger partial charge in [-0.1, -0.05) is 0 Å². The molecule has 4 rings (SSSR count). The van der Waals surface area contributed by atoms with Crippen molar-refractivity contribution >= 4 is 33.3 Å².